The van der Waals surface area contributed by atoms with Crippen molar-refractivity contribution in [2.45, 2.75) is 56.1 Å². The van der Waals surface area contributed by atoms with E-state index >= 15 is 0 Å². The van der Waals surface area contributed by atoms with Gasteiger partial charge in [-0.15, -0.1) is 18.2 Å². The Morgan fingerprint density at radius 2 is 1.85 bits per heavy atom. The highest BCUT2D eigenvalue weighted by Gasteiger charge is 2.14. The Morgan fingerprint density at radius 3 is 2.50 bits per heavy atom. The highest BCUT2D eigenvalue weighted by molar-refractivity contribution is 6.21. The fourth-order valence-corrected chi connectivity index (χ4v) is 1.74. The normalized spacial score (nSPS) is 13.9. The predicted molar refractivity (Wildman–Crippen MR) is 85.3 cm³/mol. The van der Waals surface area contributed by atoms with Crippen LogP contribution in [0, 0.1) is 23.7 Å². The molecule has 0 bridgehead atoms. The molecule has 0 radical (unpaired) electrons. The van der Waals surface area contributed by atoms with Crippen LogP contribution in [0.2, 0.25) is 0 Å². The average Bonchev–Trinajstić information content (AvgIpc) is 2.45. The van der Waals surface area contributed by atoms with Crippen molar-refractivity contribution in [1.82, 2.24) is 0 Å². The first-order valence-corrected chi connectivity index (χ1v) is 7.27. The quantitative estimate of drug-likeness (QED) is 0.297. The van der Waals surface area contributed by atoms with E-state index in [1.807, 2.05) is 6.08 Å². The molecule has 3 unspecified atom stereocenters. The van der Waals surface area contributed by atoms with Crippen LogP contribution in [0.5, 0.6) is 0 Å². The van der Waals surface area contributed by atoms with E-state index in [4.69, 9.17) is 16.7 Å². The number of rotatable bonds is 9. The molecule has 20 heavy (non-hydrogen) atoms. The standard InChI is InChI=1S/C17H23ClO2/c1-3-5-6-7-10-13-16(18)17(20)14-11-8-9-12-15(19)4-2/h3-4,15-17,19-20H,1-2,5-7,10,13-14H2. The Balaban J connectivity index is 3.86. The number of aliphatic hydroxyl groups excluding tert-OH is 2. The third-order valence-electron chi connectivity index (χ3n) is 2.71. The maximum absolute atomic E-state index is 9.81. The fraction of sp³-hybridized carbons (Fsp3) is 0.529. The van der Waals surface area contributed by atoms with Gasteiger partial charge in [-0.25, -0.2) is 0 Å². The summed E-state index contributed by atoms with van der Waals surface area (Å²) >= 11 is 6.10. The van der Waals surface area contributed by atoms with Crippen LogP contribution in [0.15, 0.2) is 25.3 Å². The molecular formula is C17H23ClO2. The van der Waals surface area contributed by atoms with Gasteiger partial charge in [0.15, 0.2) is 0 Å². The zero-order chi connectivity index (χ0) is 15.2. The van der Waals surface area contributed by atoms with Crippen LogP contribution in [0.4, 0.5) is 0 Å². The predicted octanol–water partition coefficient (Wildman–Crippen LogP) is 3.04. The summed E-state index contributed by atoms with van der Waals surface area (Å²) in [6, 6.07) is 0. The summed E-state index contributed by atoms with van der Waals surface area (Å²) in [6.45, 7) is 7.07. The molecule has 0 aliphatic carbocycles. The molecule has 2 nitrogen and oxygen atoms in total. The molecule has 110 valence electrons. The van der Waals surface area contributed by atoms with Crippen molar-refractivity contribution in [3.63, 3.8) is 0 Å². The molecule has 0 saturated heterocycles. The second-order valence-corrected chi connectivity index (χ2v) is 5.03. The summed E-state index contributed by atoms with van der Waals surface area (Å²) < 4.78 is 0. The van der Waals surface area contributed by atoms with Crippen molar-refractivity contribution < 1.29 is 10.2 Å². The summed E-state index contributed by atoms with van der Waals surface area (Å²) in [4.78, 5) is 0. The Kier molecular flexibility index (Phi) is 12.1. The molecule has 0 fully saturated rings. The minimum atomic E-state index is -0.856. The van der Waals surface area contributed by atoms with Crippen molar-refractivity contribution in [2.24, 2.45) is 0 Å². The van der Waals surface area contributed by atoms with E-state index in [1.165, 1.54) is 6.08 Å². The maximum atomic E-state index is 9.81. The molecule has 0 heterocycles. The number of alkyl halides is 1. The van der Waals surface area contributed by atoms with E-state index in [-0.39, 0.29) is 5.38 Å². The van der Waals surface area contributed by atoms with Gasteiger partial charge < -0.3 is 10.2 Å². The van der Waals surface area contributed by atoms with Crippen LogP contribution in [-0.4, -0.2) is 27.8 Å². The van der Waals surface area contributed by atoms with Crippen LogP contribution in [0.1, 0.15) is 38.5 Å². The van der Waals surface area contributed by atoms with Gasteiger partial charge in [-0.2, -0.15) is 0 Å². The van der Waals surface area contributed by atoms with Gasteiger partial charge in [-0.3, -0.25) is 0 Å². The topological polar surface area (TPSA) is 40.5 Å². The molecule has 0 aromatic heterocycles. The molecule has 3 atom stereocenters. The minimum Gasteiger partial charge on any atom is -0.391 e. The van der Waals surface area contributed by atoms with Crippen LogP contribution in [-0.2, 0) is 0 Å². The van der Waals surface area contributed by atoms with Crippen molar-refractivity contribution in [3.05, 3.63) is 25.3 Å². The van der Waals surface area contributed by atoms with Crippen LogP contribution < -0.4 is 0 Å². The van der Waals surface area contributed by atoms with E-state index in [9.17, 15) is 5.11 Å². The van der Waals surface area contributed by atoms with Crippen molar-refractivity contribution in [3.8, 4) is 23.7 Å². The fourth-order valence-electron chi connectivity index (χ4n) is 1.49. The van der Waals surface area contributed by atoms with Gasteiger partial charge >= 0.3 is 0 Å². The number of halogens is 1. The molecule has 0 spiro atoms. The number of hydrogen-bond acceptors (Lipinski definition) is 2. The van der Waals surface area contributed by atoms with Gasteiger partial charge in [0, 0.05) is 6.42 Å². The van der Waals surface area contributed by atoms with Gasteiger partial charge in [-0.1, -0.05) is 43.4 Å². The molecule has 2 N–H and O–H groups in total. The largest absolute Gasteiger partial charge is 0.391 e. The summed E-state index contributed by atoms with van der Waals surface area (Å²) in [7, 11) is 0. The third kappa shape index (κ3) is 10.7. The highest BCUT2D eigenvalue weighted by Crippen LogP contribution is 2.15. The maximum Gasteiger partial charge on any atom is 0.134 e. The van der Waals surface area contributed by atoms with Gasteiger partial charge in [-0.05, 0) is 31.1 Å². The lowest BCUT2D eigenvalue weighted by molar-refractivity contribution is 0.170. The van der Waals surface area contributed by atoms with Crippen LogP contribution in [0.3, 0.4) is 0 Å². The summed E-state index contributed by atoms with van der Waals surface area (Å²) in [6.07, 6.45) is 7.04. The summed E-state index contributed by atoms with van der Waals surface area (Å²) in [5, 5.41) is 18.6. The number of allylic oxidation sites excluding steroid dienone is 1. The van der Waals surface area contributed by atoms with Crippen molar-refractivity contribution >= 4 is 11.6 Å². The molecule has 0 aromatic carbocycles. The molecule has 3 heteroatoms. The number of hydrogen-bond donors (Lipinski definition) is 2. The smallest absolute Gasteiger partial charge is 0.134 e. The molecular weight excluding hydrogens is 272 g/mol. The average molecular weight is 295 g/mol. The Labute approximate surface area is 127 Å². The van der Waals surface area contributed by atoms with E-state index in [2.05, 4.69) is 36.8 Å². The third-order valence-corrected chi connectivity index (χ3v) is 3.22. The summed E-state index contributed by atoms with van der Waals surface area (Å²) in [5.41, 5.74) is 0. The first-order chi connectivity index (χ1) is 9.61. The van der Waals surface area contributed by atoms with E-state index < -0.39 is 12.2 Å². The van der Waals surface area contributed by atoms with Gasteiger partial charge in [0.25, 0.3) is 0 Å². The second-order valence-electron chi connectivity index (χ2n) is 4.47. The van der Waals surface area contributed by atoms with Crippen molar-refractivity contribution in [2.75, 3.05) is 0 Å². The van der Waals surface area contributed by atoms with E-state index in [1.54, 1.807) is 0 Å². The second kappa shape index (κ2) is 12.8. The Bertz CT molecular complexity index is 395. The van der Waals surface area contributed by atoms with Crippen LogP contribution in [0.25, 0.3) is 0 Å². The summed E-state index contributed by atoms with van der Waals surface area (Å²) in [5.74, 6) is 10.3. The Morgan fingerprint density at radius 1 is 1.10 bits per heavy atom. The lowest BCUT2D eigenvalue weighted by Gasteiger charge is -2.14. The highest BCUT2D eigenvalue weighted by atomic mass is 35.5. The number of unbranched alkanes of at least 4 members (excludes halogenated alkanes) is 3. The monoisotopic (exact) mass is 294 g/mol. The first kappa shape index (κ1) is 18.8. The van der Waals surface area contributed by atoms with Crippen LogP contribution >= 0.6 is 11.6 Å². The van der Waals surface area contributed by atoms with E-state index in [0.29, 0.717) is 6.42 Å². The molecule has 0 amide bonds. The molecule has 0 aliphatic heterocycles. The SMILES string of the molecule is C=CCCCCCC(Cl)C(O)CC#CC#CC(O)C=C. The number of aliphatic hydroxyl groups is 2. The lowest BCUT2D eigenvalue weighted by atomic mass is 10.1. The zero-order valence-corrected chi connectivity index (χ0v) is 12.6. The van der Waals surface area contributed by atoms with Gasteiger partial charge in [0.1, 0.15) is 6.10 Å². The molecule has 0 aliphatic rings. The van der Waals surface area contributed by atoms with Gasteiger partial charge in [0.05, 0.1) is 11.5 Å². The van der Waals surface area contributed by atoms with Gasteiger partial charge in [0.2, 0.25) is 0 Å². The molecule has 0 rings (SSSR count). The zero-order valence-electron chi connectivity index (χ0n) is 11.8. The van der Waals surface area contributed by atoms with Crippen molar-refractivity contribution in [1.29, 1.82) is 0 Å². The first-order valence-electron chi connectivity index (χ1n) is 6.83. The minimum absolute atomic E-state index is 0.278. The lowest BCUT2D eigenvalue weighted by Crippen LogP contribution is -2.20. The molecule has 0 saturated carbocycles. The Hall–Kier alpha value is -1.19. The molecule has 0 aromatic rings. The van der Waals surface area contributed by atoms with E-state index in [0.717, 1.165) is 32.1 Å².